The van der Waals surface area contributed by atoms with E-state index in [0.717, 1.165) is 0 Å². The third-order valence-electron chi connectivity index (χ3n) is 4.98. The zero-order chi connectivity index (χ0) is 19.7. The third kappa shape index (κ3) is 3.29. The van der Waals surface area contributed by atoms with E-state index >= 15 is 0 Å². The Morgan fingerprint density at radius 1 is 1.04 bits per heavy atom. The van der Waals surface area contributed by atoms with Crippen LogP contribution in [0.15, 0.2) is 65.6 Å². The smallest absolute Gasteiger partial charge is 0.275 e. The minimum atomic E-state index is -0.452. The molecule has 0 atom stereocenters. The normalized spacial score (nSPS) is 11.2. The number of nitrogens with one attached hydrogen (secondary N) is 1. The number of hydrogen-bond acceptors (Lipinski definition) is 2. The number of halogens is 1. The minimum absolute atomic E-state index is 0.158. The summed E-state index contributed by atoms with van der Waals surface area (Å²) in [6.45, 7) is 2.34. The van der Waals surface area contributed by atoms with E-state index in [9.17, 15) is 14.0 Å². The van der Waals surface area contributed by atoms with Crippen LogP contribution in [0, 0.1) is 12.7 Å². The Labute approximate surface area is 161 Å². The van der Waals surface area contributed by atoms with E-state index in [2.05, 4.69) is 5.32 Å². The van der Waals surface area contributed by atoms with Crippen LogP contribution in [0.3, 0.4) is 0 Å². The van der Waals surface area contributed by atoms with E-state index in [-0.39, 0.29) is 18.0 Å². The summed E-state index contributed by atoms with van der Waals surface area (Å²) in [5.74, 6) is -0.732. The van der Waals surface area contributed by atoms with Crippen molar-refractivity contribution in [1.82, 2.24) is 14.3 Å². The predicted molar refractivity (Wildman–Crippen MR) is 107 cm³/mol. The van der Waals surface area contributed by atoms with E-state index in [1.165, 1.54) is 27.8 Å². The topological polar surface area (TPSA) is 55.5 Å². The van der Waals surface area contributed by atoms with Gasteiger partial charge in [0.2, 0.25) is 5.91 Å². The molecular formula is C22H20FN3O2. The summed E-state index contributed by atoms with van der Waals surface area (Å²) in [4.78, 5) is 25.3. The van der Waals surface area contributed by atoms with Crippen LogP contribution in [-0.2, 0) is 17.8 Å². The number of carbonyl (C=O) groups excluding carboxylic acids is 1. The molecule has 0 saturated heterocycles. The molecule has 0 aliphatic rings. The van der Waals surface area contributed by atoms with Crippen molar-refractivity contribution in [3.63, 3.8) is 0 Å². The first-order valence-corrected chi connectivity index (χ1v) is 9.15. The molecule has 6 heteroatoms. The average Bonchev–Trinajstić information content (AvgIpc) is 3.17. The van der Waals surface area contributed by atoms with Gasteiger partial charge in [-0.1, -0.05) is 24.3 Å². The van der Waals surface area contributed by atoms with Gasteiger partial charge in [0, 0.05) is 12.7 Å². The van der Waals surface area contributed by atoms with Crippen molar-refractivity contribution >= 4 is 22.5 Å². The third-order valence-corrected chi connectivity index (χ3v) is 4.98. The van der Waals surface area contributed by atoms with Gasteiger partial charge in [-0.3, -0.25) is 14.2 Å². The molecule has 142 valence electrons. The summed E-state index contributed by atoms with van der Waals surface area (Å²) < 4.78 is 16.9. The minimum Gasteiger partial charge on any atom is -0.354 e. The number of aromatic nitrogens is 2. The number of carbonyl (C=O) groups is 1. The van der Waals surface area contributed by atoms with Crippen molar-refractivity contribution in [2.24, 2.45) is 0 Å². The number of nitrogens with zero attached hydrogens (tertiary/aromatic N) is 2. The van der Waals surface area contributed by atoms with Crippen LogP contribution in [0.2, 0.25) is 0 Å². The lowest BCUT2D eigenvalue weighted by Crippen LogP contribution is -2.34. The van der Waals surface area contributed by atoms with Crippen LogP contribution >= 0.6 is 0 Å². The number of rotatable bonds is 5. The summed E-state index contributed by atoms with van der Waals surface area (Å²) in [6.07, 6.45) is 2.46. The molecular weight excluding hydrogens is 357 g/mol. The molecule has 4 rings (SSSR count). The lowest BCUT2D eigenvalue weighted by Gasteiger charge is -2.13. The van der Waals surface area contributed by atoms with Crippen LogP contribution in [0.1, 0.15) is 11.1 Å². The molecule has 0 fully saturated rings. The zero-order valence-corrected chi connectivity index (χ0v) is 15.5. The van der Waals surface area contributed by atoms with E-state index in [1.54, 1.807) is 28.8 Å². The van der Waals surface area contributed by atoms with Gasteiger partial charge in [0.1, 0.15) is 17.9 Å². The highest BCUT2D eigenvalue weighted by Crippen LogP contribution is 2.16. The molecule has 0 aliphatic carbocycles. The summed E-state index contributed by atoms with van der Waals surface area (Å²) in [7, 11) is 0. The molecule has 1 amide bonds. The molecule has 0 aliphatic heterocycles. The van der Waals surface area contributed by atoms with Crippen LogP contribution < -0.4 is 10.9 Å². The summed E-state index contributed by atoms with van der Waals surface area (Å²) >= 11 is 0. The van der Waals surface area contributed by atoms with Crippen molar-refractivity contribution in [3.05, 3.63) is 88.1 Å². The maximum absolute atomic E-state index is 13.8. The maximum Gasteiger partial charge on any atom is 0.275 e. The number of hydrogen-bond donors (Lipinski definition) is 1. The average molecular weight is 377 g/mol. The first-order chi connectivity index (χ1) is 13.5. The van der Waals surface area contributed by atoms with Gasteiger partial charge < -0.3 is 9.72 Å². The van der Waals surface area contributed by atoms with Gasteiger partial charge >= 0.3 is 0 Å². The fourth-order valence-corrected chi connectivity index (χ4v) is 3.51. The second-order valence-corrected chi connectivity index (χ2v) is 6.81. The van der Waals surface area contributed by atoms with Gasteiger partial charge in [-0.15, -0.1) is 0 Å². The molecule has 0 spiro atoms. The maximum atomic E-state index is 13.8. The van der Waals surface area contributed by atoms with E-state index in [1.807, 2.05) is 31.2 Å². The predicted octanol–water partition coefficient (Wildman–Crippen LogP) is 3.06. The molecule has 0 radical (unpaired) electrons. The zero-order valence-electron chi connectivity index (χ0n) is 15.5. The standard InChI is InChI=1S/C22H20FN3O2/c1-15-5-2-3-6-16(15)10-11-24-21(27)14-26-20-13-17(23)8-9-18(20)25-12-4-7-19(25)22(26)28/h2-9,12-13H,10-11,14H2,1H3,(H,24,27). The van der Waals surface area contributed by atoms with E-state index in [0.29, 0.717) is 29.5 Å². The summed E-state index contributed by atoms with van der Waals surface area (Å²) in [5, 5.41) is 2.86. The Hall–Kier alpha value is -3.41. The van der Waals surface area contributed by atoms with Crippen LogP contribution in [0.25, 0.3) is 16.6 Å². The molecule has 2 aromatic carbocycles. The Morgan fingerprint density at radius 2 is 1.86 bits per heavy atom. The van der Waals surface area contributed by atoms with Crippen molar-refractivity contribution in [3.8, 4) is 0 Å². The summed E-state index contributed by atoms with van der Waals surface area (Å²) in [6, 6.07) is 15.7. The molecule has 1 N–H and O–H groups in total. The van der Waals surface area contributed by atoms with Gasteiger partial charge in [-0.25, -0.2) is 4.39 Å². The molecule has 0 unspecified atom stereocenters. The van der Waals surface area contributed by atoms with Crippen molar-refractivity contribution in [1.29, 1.82) is 0 Å². The SMILES string of the molecule is Cc1ccccc1CCNC(=O)Cn1c(=O)c2cccn2c2ccc(F)cc21. The quantitative estimate of drug-likeness (QED) is 0.581. The highest BCUT2D eigenvalue weighted by atomic mass is 19.1. The molecule has 2 heterocycles. The molecule has 0 bridgehead atoms. The Kier molecular flexibility index (Phi) is 4.69. The molecule has 28 heavy (non-hydrogen) atoms. The Bertz CT molecular complexity index is 1240. The first kappa shape index (κ1) is 18.0. The van der Waals surface area contributed by atoms with E-state index < -0.39 is 5.82 Å². The van der Waals surface area contributed by atoms with Gasteiger partial charge in [0.05, 0.1) is 11.0 Å². The van der Waals surface area contributed by atoms with Gasteiger partial charge in [0.25, 0.3) is 5.56 Å². The first-order valence-electron chi connectivity index (χ1n) is 9.15. The second kappa shape index (κ2) is 7.31. The fourth-order valence-electron chi connectivity index (χ4n) is 3.51. The van der Waals surface area contributed by atoms with Crippen LogP contribution in [0.5, 0.6) is 0 Å². The number of aryl methyl sites for hydroxylation is 1. The number of amides is 1. The van der Waals surface area contributed by atoms with Crippen molar-refractivity contribution in [2.75, 3.05) is 6.54 Å². The second-order valence-electron chi connectivity index (χ2n) is 6.81. The van der Waals surface area contributed by atoms with Gasteiger partial charge in [-0.05, 0) is 54.8 Å². The lowest BCUT2D eigenvalue weighted by atomic mass is 10.1. The number of benzene rings is 2. The summed E-state index contributed by atoms with van der Waals surface area (Å²) in [5.41, 5.74) is 3.54. The largest absolute Gasteiger partial charge is 0.354 e. The molecule has 5 nitrogen and oxygen atoms in total. The van der Waals surface area contributed by atoms with Gasteiger partial charge in [0.15, 0.2) is 0 Å². The Morgan fingerprint density at radius 3 is 2.68 bits per heavy atom. The van der Waals surface area contributed by atoms with Gasteiger partial charge in [-0.2, -0.15) is 0 Å². The van der Waals surface area contributed by atoms with Crippen LogP contribution in [0.4, 0.5) is 4.39 Å². The molecule has 4 aromatic rings. The lowest BCUT2D eigenvalue weighted by molar-refractivity contribution is -0.121. The molecule has 2 aromatic heterocycles. The van der Waals surface area contributed by atoms with Crippen molar-refractivity contribution < 1.29 is 9.18 Å². The molecule has 0 saturated carbocycles. The fraction of sp³-hybridized carbons (Fsp3) is 0.182. The van der Waals surface area contributed by atoms with E-state index in [4.69, 9.17) is 0 Å². The van der Waals surface area contributed by atoms with Crippen LogP contribution in [-0.4, -0.2) is 21.4 Å². The Balaban J connectivity index is 1.59. The number of fused-ring (bicyclic) bond motifs is 3. The highest BCUT2D eigenvalue weighted by molar-refractivity contribution is 5.82. The van der Waals surface area contributed by atoms with Crippen molar-refractivity contribution in [2.45, 2.75) is 19.9 Å². The highest BCUT2D eigenvalue weighted by Gasteiger charge is 2.14. The monoisotopic (exact) mass is 377 g/mol.